The number of benzene rings is 1. The number of aliphatic carboxylic acids is 1. The monoisotopic (exact) mass is 380 g/mol. The third kappa shape index (κ3) is 5.05. The number of carboxylic acid groups (broad SMARTS) is 1. The van der Waals surface area contributed by atoms with Gasteiger partial charge in [0, 0.05) is 24.2 Å². The fourth-order valence-corrected chi connectivity index (χ4v) is 2.54. The lowest BCUT2D eigenvalue weighted by atomic mass is 10.2. The largest absolute Gasteiger partial charge is 0.489 e. The van der Waals surface area contributed by atoms with E-state index in [0.29, 0.717) is 29.8 Å². The zero-order valence-corrected chi connectivity index (χ0v) is 14.7. The van der Waals surface area contributed by atoms with E-state index in [-0.39, 0.29) is 30.2 Å². The molecule has 0 unspecified atom stereocenters. The van der Waals surface area contributed by atoms with Gasteiger partial charge < -0.3 is 14.6 Å². The van der Waals surface area contributed by atoms with E-state index in [1.165, 1.54) is 25.0 Å². The van der Waals surface area contributed by atoms with Crippen LogP contribution in [0.3, 0.4) is 0 Å². The smallest absolute Gasteiger partial charge is 0.303 e. The minimum absolute atomic E-state index is 0.0567. The number of hydrogen-bond acceptors (Lipinski definition) is 5. The Morgan fingerprint density at radius 1 is 1.35 bits per heavy atom. The number of carboxylic acids is 1. The van der Waals surface area contributed by atoms with Gasteiger partial charge in [-0.1, -0.05) is 11.6 Å². The van der Waals surface area contributed by atoms with E-state index in [4.69, 9.17) is 26.2 Å². The molecule has 1 fully saturated rings. The summed E-state index contributed by atoms with van der Waals surface area (Å²) in [6.07, 6.45) is 4.10. The van der Waals surface area contributed by atoms with Gasteiger partial charge in [-0.3, -0.25) is 4.79 Å². The average molecular weight is 381 g/mol. The SMILES string of the molecule is O=C(O)CCCOc1c(F)cc(-c2nccc(OCC3CC3)n2)cc1Cl. The van der Waals surface area contributed by atoms with Crippen molar-refractivity contribution in [2.75, 3.05) is 13.2 Å². The van der Waals surface area contributed by atoms with E-state index in [2.05, 4.69) is 9.97 Å². The Morgan fingerprint density at radius 3 is 2.85 bits per heavy atom. The number of hydrogen-bond donors (Lipinski definition) is 1. The Labute approximate surface area is 154 Å². The second-order valence-corrected chi connectivity index (χ2v) is 6.49. The van der Waals surface area contributed by atoms with Crippen LogP contribution in [-0.2, 0) is 4.79 Å². The molecular weight excluding hydrogens is 363 g/mol. The van der Waals surface area contributed by atoms with Crippen molar-refractivity contribution in [2.24, 2.45) is 5.92 Å². The molecule has 0 bridgehead atoms. The lowest BCUT2D eigenvalue weighted by Gasteiger charge is -2.11. The molecule has 1 heterocycles. The first-order valence-electron chi connectivity index (χ1n) is 8.33. The van der Waals surface area contributed by atoms with Gasteiger partial charge in [-0.05, 0) is 37.3 Å². The van der Waals surface area contributed by atoms with E-state index in [0.717, 1.165) is 0 Å². The van der Waals surface area contributed by atoms with Crippen molar-refractivity contribution in [1.29, 1.82) is 0 Å². The fourth-order valence-electron chi connectivity index (χ4n) is 2.27. The van der Waals surface area contributed by atoms with Crippen molar-refractivity contribution >= 4 is 17.6 Å². The highest BCUT2D eigenvalue weighted by Crippen LogP contribution is 2.33. The van der Waals surface area contributed by atoms with Crippen molar-refractivity contribution in [2.45, 2.75) is 25.7 Å². The molecule has 26 heavy (non-hydrogen) atoms. The lowest BCUT2D eigenvalue weighted by molar-refractivity contribution is -0.137. The first kappa shape index (κ1) is 18.4. The van der Waals surface area contributed by atoms with Crippen LogP contribution in [0.5, 0.6) is 11.6 Å². The van der Waals surface area contributed by atoms with Gasteiger partial charge >= 0.3 is 5.97 Å². The molecular formula is C18H18ClFN2O4. The molecule has 0 radical (unpaired) electrons. The number of carbonyl (C=O) groups is 1. The van der Waals surface area contributed by atoms with E-state index in [9.17, 15) is 9.18 Å². The number of ether oxygens (including phenoxy) is 2. The van der Waals surface area contributed by atoms with Crippen LogP contribution in [-0.4, -0.2) is 34.3 Å². The van der Waals surface area contributed by atoms with E-state index in [1.54, 1.807) is 12.3 Å². The summed E-state index contributed by atoms with van der Waals surface area (Å²) in [6.45, 7) is 0.679. The summed E-state index contributed by atoms with van der Waals surface area (Å²) in [5, 5.41) is 8.67. The summed E-state index contributed by atoms with van der Waals surface area (Å²) in [5.74, 6) is -0.365. The number of halogens is 2. The highest BCUT2D eigenvalue weighted by Gasteiger charge is 2.22. The normalized spacial score (nSPS) is 13.5. The number of aromatic nitrogens is 2. The van der Waals surface area contributed by atoms with Crippen molar-refractivity contribution in [3.8, 4) is 23.0 Å². The molecule has 1 saturated carbocycles. The summed E-state index contributed by atoms with van der Waals surface area (Å²) >= 11 is 6.11. The minimum Gasteiger partial charge on any atom is -0.489 e. The maximum absolute atomic E-state index is 14.3. The molecule has 1 aliphatic rings. The molecule has 8 heteroatoms. The van der Waals surface area contributed by atoms with Gasteiger partial charge in [0.15, 0.2) is 17.4 Å². The summed E-state index contributed by atoms with van der Waals surface area (Å²) in [6, 6.07) is 4.40. The fraction of sp³-hybridized carbons (Fsp3) is 0.389. The standard InChI is InChI=1S/C18H18ClFN2O4/c19-13-8-12(9-14(20)17(13)25-7-1-2-16(23)24)18-21-6-5-15(22-18)26-10-11-3-4-11/h5-6,8-9,11H,1-4,7,10H2,(H,23,24). The molecule has 6 nitrogen and oxygen atoms in total. The van der Waals surface area contributed by atoms with Crippen molar-refractivity contribution in [3.63, 3.8) is 0 Å². The zero-order chi connectivity index (χ0) is 18.5. The van der Waals surface area contributed by atoms with Crippen molar-refractivity contribution < 1.29 is 23.8 Å². The Hall–Kier alpha value is -2.41. The highest BCUT2D eigenvalue weighted by molar-refractivity contribution is 6.32. The second-order valence-electron chi connectivity index (χ2n) is 6.09. The molecule has 138 valence electrons. The van der Waals surface area contributed by atoms with Crippen LogP contribution in [0.25, 0.3) is 11.4 Å². The molecule has 0 amide bonds. The summed E-state index contributed by atoms with van der Waals surface area (Å²) in [5.41, 5.74) is 0.405. The van der Waals surface area contributed by atoms with Gasteiger partial charge in [0.2, 0.25) is 5.88 Å². The molecule has 0 saturated heterocycles. The maximum atomic E-state index is 14.3. The van der Waals surface area contributed by atoms with E-state index < -0.39 is 11.8 Å². The summed E-state index contributed by atoms with van der Waals surface area (Å²) in [4.78, 5) is 18.9. The lowest BCUT2D eigenvalue weighted by Crippen LogP contribution is -2.04. The summed E-state index contributed by atoms with van der Waals surface area (Å²) < 4.78 is 25.2. The van der Waals surface area contributed by atoms with E-state index in [1.807, 2.05) is 0 Å². The van der Waals surface area contributed by atoms with Crippen LogP contribution in [0.2, 0.25) is 5.02 Å². The van der Waals surface area contributed by atoms with Gasteiger partial charge in [-0.25, -0.2) is 9.37 Å². The Bertz CT molecular complexity index is 776. The molecule has 0 spiro atoms. The van der Waals surface area contributed by atoms with Crippen LogP contribution >= 0.6 is 11.6 Å². The van der Waals surface area contributed by atoms with Gasteiger partial charge in [-0.2, -0.15) is 4.98 Å². The molecule has 3 rings (SSSR count). The second kappa shape index (κ2) is 8.31. The molecule has 1 aromatic heterocycles. The molecule has 0 atom stereocenters. The van der Waals surface area contributed by atoms with Crippen molar-refractivity contribution in [3.05, 3.63) is 35.2 Å². The molecule has 1 N–H and O–H groups in total. The summed E-state index contributed by atoms with van der Waals surface area (Å²) in [7, 11) is 0. The first-order chi connectivity index (χ1) is 12.5. The van der Waals surface area contributed by atoms with Crippen LogP contribution in [0.1, 0.15) is 25.7 Å². The Balaban J connectivity index is 1.70. The van der Waals surface area contributed by atoms with Gasteiger partial charge in [-0.15, -0.1) is 0 Å². The first-order valence-corrected chi connectivity index (χ1v) is 8.70. The maximum Gasteiger partial charge on any atom is 0.303 e. The molecule has 2 aromatic rings. The van der Waals surface area contributed by atoms with Gasteiger partial charge in [0.25, 0.3) is 0 Å². The zero-order valence-electron chi connectivity index (χ0n) is 14.0. The van der Waals surface area contributed by atoms with Crippen molar-refractivity contribution in [1.82, 2.24) is 9.97 Å². The number of nitrogens with zero attached hydrogens (tertiary/aromatic N) is 2. The van der Waals surface area contributed by atoms with Gasteiger partial charge in [0.05, 0.1) is 18.2 Å². The quantitative estimate of drug-likeness (QED) is 0.663. The van der Waals surface area contributed by atoms with Gasteiger partial charge in [0.1, 0.15) is 0 Å². The Morgan fingerprint density at radius 2 is 2.15 bits per heavy atom. The van der Waals surface area contributed by atoms with Crippen LogP contribution < -0.4 is 9.47 Å². The third-order valence-electron chi connectivity index (χ3n) is 3.83. The third-order valence-corrected chi connectivity index (χ3v) is 4.11. The van der Waals surface area contributed by atoms with Crippen LogP contribution in [0.15, 0.2) is 24.4 Å². The topological polar surface area (TPSA) is 81.5 Å². The number of rotatable bonds is 9. The Kier molecular flexibility index (Phi) is 5.88. The average Bonchev–Trinajstić information content (AvgIpc) is 3.43. The molecule has 1 aromatic carbocycles. The molecule has 1 aliphatic carbocycles. The highest BCUT2D eigenvalue weighted by atomic mass is 35.5. The molecule has 0 aliphatic heterocycles. The van der Waals surface area contributed by atoms with Crippen LogP contribution in [0, 0.1) is 11.7 Å². The van der Waals surface area contributed by atoms with Crippen LogP contribution in [0.4, 0.5) is 4.39 Å². The van der Waals surface area contributed by atoms with E-state index >= 15 is 0 Å². The predicted octanol–water partition coefficient (Wildman–Crippen LogP) is 3.97. The predicted molar refractivity (Wildman–Crippen MR) is 93.0 cm³/mol. The minimum atomic E-state index is -0.934.